The average molecular weight is 250 g/mol. The molecule has 1 aromatic heterocycles. The van der Waals surface area contributed by atoms with Crippen LogP contribution in [0.3, 0.4) is 0 Å². The predicted octanol–water partition coefficient (Wildman–Crippen LogP) is 2.33. The fourth-order valence-electron chi connectivity index (χ4n) is 1.34. The van der Waals surface area contributed by atoms with Gasteiger partial charge in [-0.05, 0) is 36.8 Å². The summed E-state index contributed by atoms with van der Waals surface area (Å²) in [4.78, 5) is 0. The number of aromatic nitrogens is 3. The van der Waals surface area contributed by atoms with Gasteiger partial charge in [-0.1, -0.05) is 21.7 Å². The lowest BCUT2D eigenvalue weighted by Crippen LogP contribution is -2.05. The fraction of sp³-hybridized carbons (Fsp3) is 0.364. The highest BCUT2D eigenvalue weighted by Gasteiger charge is 2.00. The zero-order chi connectivity index (χ0) is 12.1. The van der Waals surface area contributed by atoms with Crippen molar-refractivity contribution in [3.05, 3.63) is 29.8 Å². The van der Waals surface area contributed by atoms with Gasteiger partial charge in [0.2, 0.25) is 5.13 Å². The van der Waals surface area contributed by atoms with Crippen LogP contribution in [0, 0.1) is 0 Å². The molecule has 0 bridgehead atoms. The van der Waals surface area contributed by atoms with Crippen molar-refractivity contribution >= 4 is 16.7 Å². The number of benzene rings is 1. The standard InChI is InChI=1S/C11H14N4OS/c1-8(2)16-10-5-3-9(4-6-10)7-12-11-13-14-15-17-11/h3-6,8H,7H2,1-2H3,(H,12,13,15). The second kappa shape index (κ2) is 5.58. The van der Waals surface area contributed by atoms with Gasteiger partial charge in [-0.3, -0.25) is 0 Å². The third-order valence-electron chi connectivity index (χ3n) is 2.04. The first kappa shape index (κ1) is 11.8. The van der Waals surface area contributed by atoms with Crippen LogP contribution in [0.2, 0.25) is 0 Å². The van der Waals surface area contributed by atoms with Crippen molar-refractivity contribution in [2.45, 2.75) is 26.5 Å². The highest BCUT2D eigenvalue weighted by Crippen LogP contribution is 2.15. The van der Waals surface area contributed by atoms with Crippen molar-refractivity contribution in [1.29, 1.82) is 0 Å². The first-order valence-corrected chi connectivity index (χ1v) is 6.16. The van der Waals surface area contributed by atoms with Crippen molar-refractivity contribution in [2.75, 3.05) is 5.32 Å². The Labute approximate surface area is 104 Å². The number of hydrogen-bond donors (Lipinski definition) is 1. The minimum Gasteiger partial charge on any atom is -0.491 e. The molecule has 0 radical (unpaired) electrons. The van der Waals surface area contributed by atoms with Crippen molar-refractivity contribution in [3.63, 3.8) is 0 Å². The SMILES string of the molecule is CC(C)Oc1ccc(CNc2nnns2)cc1. The molecule has 0 unspecified atom stereocenters. The molecule has 90 valence electrons. The normalized spacial score (nSPS) is 10.5. The van der Waals surface area contributed by atoms with Crippen LogP contribution in [-0.4, -0.2) is 20.9 Å². The lowest BCUT2D eigenvalue weighted by atomic mass is 10.2. The molecule has 0 spiro atoms. The molecule has 1 N–H and O–H groups in total. The molecule has 0 amide bonds. The van der Waals surface area contributed by atoms with Crippen LogP contribution in [0.1, 0.15) is 19.4 Å². The number of nitrogens with one attached hydrogen (secondary N) is 1. The summed E-state index contributed by atoms with van der Waals surface area (Å²) >= 11 is 1.25. The highest BCUT2D eigenvalue weighted by molar-refractivity contribution is 7.09. The van der Waals surface area contributed by atoms with E-state index in [1.54, 1.807) is 0 Å². The van der Waals surface area contributed by atoms with Gasteiger partial charge >= 0.3 is 0 Å². The molecule has 2 aromatic rings. The van der Waals surface area contributed by atoms with Crippen LogP contribution in [-0.2, 0) is 6.54 Å². The summed E-state index contributed by atoms with van der Waals surface area (Å²) in [6.45, 7) is 4.73. The molecular formula is C11H14N4OS. The van der Waals surface area contributed by atoms with E-state index in [1.165, 1.54) is 11.5 Å². The van der Waals surface area contributed by atoms with Crippen molar-refractivity contribution < 1.29 is 4.74 Å². The van der Waals surface area contributed by atoms with Crippen LogP contribution >= 0.6 is 11.5 Å². The van der Waals surface area contributed by atoms with Crippen LogP contribution in [0.25, 0.3) is 0 Å². The number of rotatable bonds is 5. The Bertz CT molecular complexity index is 441. The van der Waals surface area contributed by atoms with Gasteiger partial charge in [-0.25, -0.2) is 0 Å². The summed E-state index contributed by atoms with van der Waals surface area (Å²) in [5, 5.41) is 11.2. The van der Waals surface area contributed by atoms with Gasteiger partial charge < -0.3 is 10.1 Å². The van der Waals surface area contributed by atoms with Gasteiger partial charge in [0.25, 0.3) is 0 Å². The van der Waals surface area contributed by atoms with Gasteiger partial charge in [0.05, 0.1) is 6.10 Å². The Morgan fingerprint density at radius 1 is 1.29 bits per heavy atom. The first-order chi connectivity index (χ1) is 8.24. The van der Waals surface area contributed by atoms with Crippen molar-refractivity contribution in [3.8, 4) is 5.75 Å². The minimum absolute atomic E-state index is 0.200. The molecule has 0 atom stereocenters. The zero-order valence-electron chi connectivity index (χ0n) is 9.75. The Balaban J connectivity index is 1.89. The molecule has 0 aliphatic rings. The van der Waals surface area contributed by atoms with E-state index in [9.17, 15) is 0 Å². The van der Waals surface area contributed by atoms with Crippen molar-refractivity contribution in [2.24, 2.45) is 0 Å². The molecule has 0 saturated heterocycles. The summed E-state index contributed by atoms with van der Waals surface area (Å²) < 4.78 is 9.25. The third kappa shape index (κ3) is 3.67. The molecule has 1 aromatic carbocycles. The number of ether oxygens (including phenoxy) is 1. The van der Waals surface area contributed by atoms with E-state index in [0.29, 0.717) is 6.54 Å². The summed E-state index contributed by atoms with van der Waals surface area (Å²) in [6.07, 6.45) is 0.200. The Morgan fingerprint density at radius 3 is 2.65 bits per heavy atom. The maximum absolute atomic E-state index is 5.57. The van der Waals surface area contributed by atoms with Crippen LogP contribution in [0.15, 0.2) is 24.3 Å². The van der Waals surface area contributed by atoms with E-state index in [1.807, 2.05) is 38.1 Å². The number of nitrogens with zero attached hydrogens (tertiary/aromatic N) is 3. The quantitative estimate of drug-likeness (QED) is 0.882. The first-order valence-electron chi connectivity index (χ1n) is 5.38. The van der Waals surface area contributed by atoms with Gasteiger partial charge in [0, 0.05) is 18.1 Å². The molecule has 5 nitrogen and oxygen atoms in total. The van der Waals surface area contributed by atoms with Crippen LogP contribution in [0.5, 0.6) is 5.75 Å². The minimum atomic E-state index is 0.200. The van der Waals surface area contributed by atoms with E-state index < -0.39 is 0 Å². The summed E-state index contributed by atoms with van der Waals surface area (Å²) in [6, 6.07) is 7.99. The molecule has 0 aliphatic carbocycles. The molecule has 0 aliphatic heterocycles. The number of anilines is 1. The topological polar surface area (TPSA) is 59.9 Å². The molecule has 2 rings (SSSR count). The fourth-order valence-corrected chi connectivity index (χ4v) is 1.70. The Morgan fingerprint density at radius 2 is 2.06 bits per heavy atom. The van der Waals surface area contributed by atoms with E-state index in [0.717, 1.165) is 16.4 Å². The Hall–Kier alpha value is -1.69. The molecule has 6 heteroatoms. The predicted molar refractivity (Wildman–Crippen MR) is 67.2 cm³/mol. The molecule has 1 heterocycles. The number of hydrogen-bond acceptors (Lipinski definition) is 6. The lowest BCUT2D eigenvalue weighted by molar-refractivity contribution is 0.242. The maximum Gasteiger partial charge on any atom is 0.225 e. The summed E-state index contributed by atoms with van der Waals surface area (Å²) in [7, 11) is 0. The third-order valence-corrected chi connectivity index (χ3v) is 2.59. The monoisotopic (exact) mass is 250 g/mol. The van der Waals surface area contributed by atoms with E-state index in [4.69, 9.17) is 4.74 Å². The van der Waals surface area contributed by atoms with Gasteiger partial charge in [-0.15, -0.1) is 0 Å². The van der Waals surface area contributed by atoms with Gasteiger partial charge in [-0.2, -0.15) is 0 Å². The molecular weight excluding hydrogens is 236 g/mol. The molecule has 0 fully saturated rings. The Kier molecular flexibility index (Phi) is 3.87. The average Bonchev–Trinajstić information content (AvgIpc) is 2.80. The van der Waals surface area contributed by atoms with Gasteiger partial charge in [0.1, 0.15) is 5.75 Å². The van der Waals surface area contributed by atoms with Gasteiger partial charge in [0.15, 0.2) is 0 Å². The summed E-state index contributed by atoms with van der Waals surface area (Å²) in [5.41, 5.74) is 1.16. The second-order valence-electron chi connectivity index (χ2n) is 3.83. The maximum atomic E-state index is 5.57. The van der Waals surface area contributed by atoms with Crippen LogP contribution < -0.4 is 10.1 Å². The zero-order valence-corrected chi connectivity index (χ0v) is 10.6. The highest BCUT2D eigenvalue weighted by atomic mass is 32.1. The largest absolute Gasteiger partial charge is 0.491 e. The molecule has 0 saturated carbocycles. The second-order valence-corrected chi connectivity index (χ2v) is 4.56. The molecule has 17 heavy (non-hydrogen) atoms. The van der Waals surface area contributed by atoms with Crippen molar-refractivity contribution in [1.82, 2.24) is 14.8 Å². The smallest absolute Gasteiger partial charge is 0.225 e. The van der Waals surface area contributed by atoms with Crippen LogP contribution in [0.4, 0.5) is 5.13 Å². The lowest BCUT2D eigenvalue weighted by Gasteiger charge is -2.10. The van der Waals surface area contributed by atoms with E-state index >= 15 is 0 Å². The van der Waals surface area contributed by atoms with E-state index in [-0.39, 0.29) is 6.10 Å². The van der Waals surface area contributed by atoms with E-state index in [2.05, 4.69) is 20.1 Å². The summed E-state index contributed by atoms with van der Waals surface area (Å²) in [5.74, 6) is 0.890.